The van der Waals surface area contributed by atoms with Gasteiger partial charge < -0.3 is 14.9 Å². The van der Waals surface area contributed by atoms with Gasteiger partial charge in [0, 0.05) is 6.42 Å². The number of carbonyl (C=O) groups excluding carboxylic acids is 1. The zero-order chi connectivity index (χ0) is 16.4. The fraction of sp³-hybridized carbons (Fsp3) is 0.833. The average Bonchev–Trinajstić information content (AvgIpc) is 2.81. The molecule has 0 heterocycles. The van der Waals surface area contributed by atoms with Crippen molar-refractivity contribution in [1.29, 1.82) is 0 Å². The second-order valence-electron chi connectivity index (χ2n) is 6.36. The lowest BCUT2D eigenvalue weighted by Gasteiger charge is -2.19. The number of esters is 1. The van der Waals surface area contributed by atoms with Gasteiger partial charge in [0.2, 0.25) is 0 Å². The van der Waals surface area contributed by atoms with Crippen molar-refractivity contribution < 1.29 is 19.7 Å². The molecule has 0 aromatic rings. The van der Waals surface area contributed by atoms with E-state index in [1.54, 1.807) is 6.92 Å². The van der Waals surface area contributed by atoms with Gasteiger partial charge >= 0.3 is 5.97 Å². The third-order valence-electron chi connectivity index (χ3n) is 4.45. The van der Waals surface area contributed by atoms with Gasteiger partial charge in [0.15, 0.2) is 0 Å². The highest BCUT2D eigenvalue weighted by Gasteiger charge is 2.32. The van der Waals surface area contributed by atoms with Crippen molar-refractivity contribution in [3.05, 3.63) is 12.2 Å². The van der Waals surface area contributed by atoms with Crippen LogP contribution in [0.4, 0.5) is 0 Å². The van der Waals surface area contributed by atoms with Gasteiger partial charge in [-0.1, -0.05) is 31.4 Å². The van der Waals surface area contributed by atoms with Crippen molar-refractivity contribution >= 4 is 5.97 Å². The number of rotatable bonds is 10. The lowest BCUT2D eigenvalue weighted by Crippen LogP contribution is -2.18. The summed E-state index contributed by atoms with van der Waals surface area (Å²) in [6.45, 7) is 4.04. The molecule has 22 heavy (non-hydrogen) atoms. The number of ether oxygens (including phenoxy) is 1. The van der Waals surface area contributed by atoms with Crippen molar-refractivity contribution in [3.8, 4) is 0 Å². The summed E-state index contributed by atoms with van der Waals surface area (Å²) < 4.78 is 4.90. The van der Waals surface area contributed by atoms with Gasteiger partial charge in [0.05, 0.1) is 18.8 Å². The summed E-state index contributed by atoms with van der Waals surface area (Å²) in [4.78, 5) is 11.2. The third-order valence-corrected chi connectivity index (χ3v) is 4.45. The van der Waals surface area contributed by atoms with Gasteiger partial charge in [0.25, 0.3) is 0 Å². The maximum Gasteiger partial charge on any atom is 0.305 e. The van der Waals surface area contributed by atoms with Gasteiger partial charge in [-0.3, -0.25) is 4.79 Å². The Kier molecular flexibility index (Phi) is 9.41. The number of aliphatic hydroxyl groups excluding tert-OH is 2. The molecule has 4 nitrogen and oxygen atoms in total. The molecule has 0 aromatic heterocycles. The van der Waals surface area contributed by atoms with Gasteiger partial charge in [0.1, 0.15) is 0 Å². The lowest BCUT2D eigenvalue weighted by molar-refractivity contribution is -0.143. The molecule has 128 valence electrons. The molecule has 1 saturated carbocycles. The number of hydrogen-bond donors (Lipinski definition) is 2. The summed E-state index contributed by atoms with van der Waals surface area (Å²) in [5.74, 6) is 0.612. The van der Waals surface area contributed by atoms with Crippen LogP contribution in [0.25, 0.3) is 0 Å². The third kappa shape index (κ3) is 7.41. The Balaban J connectivity index is 2.18. The highest BCUT2D eigenvalue weighted by Crippen LogP contribution is 2.36. The highest BCUT2D eigenvalue weighted by molar-refractivity contribution is 5.69. The van der Waals surface area contributed by atoms with E-state index in [-0.39, 0.29) is 12.1 Å². The monoisotopic (exact) mass is 312 g/mol. The first-order chi connectivity index (χ1) is 10.5. The van der Waals surface area contributed by atoms with Crippen LogP contribution in [0.5, 0.6) is 0 Å². The standard InChI is InChI=1S/C18H32O4/c1-3-22-18(21)9-7-5-4-6-8-16-15(11-10-14(2)19)12-13-17(16)20/h10-11,14-17,19-20H,3-9,12-13H2,1-2H3/t14?,15-,16-,17-/m1/s1. The minimum absolute atomic E-state index is 0.1000. The predicted molar refractivity (Wildman–Crippen MR) is 87.4 cm³/mol. The van der Waals surface area contributed by atoms with E-state index in [9.17, 15) is 15.0 Å². The molecule has 1 aliphatic rings. The number of unbranched alkanes of at least 4 members (excludes halogenated alkanes) is 3. The highest BCUT2D eigenvalue weighted by atomic mass is 16.5. The Morgan fingerprint density at radius 3 is 2.68 bits per heavy atom. The summed E-state index contributed by atoms with van der Waals surface area (Å²) in [6.07, 6.45) is 10.8. The Morgan fingerprint density at radius 1 is 1.27 bits per heavy atom. The molecule has 0 aliphatic heterocycles. The van der Waals surface area contributed by atoms with E-state index in [0.29, 0.717) is 24.9 Å². The Hall–Kier alpha value is -0.870. The molecule has 0 spiro atoms. The first-order valence-corrected chi connectivity index (χ1v) is 8.74. The van der Waals surface area contributed by atoms with Gasteiger partial charge in [-0.15, -0.1) is 0 Å². The van der Waals surface area contributed by atoms with Crippen molar-refractivity contribution in [2.45, 2.75) is 77.4 Å². The van der Waals surface area contributed by atoms with E-state index in [1.165, 1.54) is 0 Å². The minimum atomic E-state index is -0.415. The largest absolute Gasteiger partial charge is 0.466 e. The molecule has 1 rings (SSSR count). The molecule has 4 atom stereocenters. The van der Waals surface area contributed by atoms with Crippen molar-refractivity contribution in [2.24, 2.45) is 11.8 Å². The number of carbonyl (C=O) groups is 1. The van der Waals surface area contributed by atoms with E-state index >= 15 is 0 Å². The van der Waals surface area contributed by atoms with Crippen molar-refractivity contribution in [2.75, 3.05) is 6.61 Å². The molecule has 0 radical (unpaired) electrons. The van der Waals surface area contributed by atoms with E-state index in [2.05, 4.69) is 6.08 Å². The molecule has 1 aliphatic carbocycles. The number of allylic oxidation sites excluding steroid dienone is 1. The van der Waals surface area contributed by atoms with E-state index in [1.807, 2.05) is 13.0 Å². The molecule has 0 bridgehead atoms. The summed E-state index contributed by atoms with van der Waals surface area (Å²) in [7, 11) is 0. The normalized spacial score (nSPS) is 26.5. The van der Waals surface area contributed by atoms with Crippen LogP contribution < -0.4 is 0 Å². The number of hydrogen-bond acceptors (Lipinski definition) is 4. The Bertz CT molecular complexity index is 338. The van der Waals surface area contributed by atoms with Gasteiger partial charge in [-0.2, -0.15) is 0 Å². The Morgan fingerprint density at radius 2 is 2.00 bits per heavy atom. The molecule has 0 amide bonds. The molecule has 1 fully saturated rings. The van der Waals surface area contributed by atoms with Crippen LogP contribution in [-0.2, 0) is 9.53 Å². The van der Waals surface area contributed by atoms with Crippen LogP contribution in [-0.4, -0.2) is 35.0 Å². The minimum Gasteiger partial charge on any atom is -0.466 e. The van der Waals surface area contributed by atoms with E-state index in [4.69, 9.17) is 4.74 Å². The molecule has 4 heteroatoms. The summed E-state index contributed by atoms with van der Waals surface area (Å²) in [5, 5.41) is 19.4. The Labute approximate surface area is 134 Å². The fourth-order valence-electron chi connectivity index (χ4n) is 3.26. The molecule has 0 saturated heterocycles. The molecule has 2 N–H and O–H groups in total. The van der Waals surface area contributed by atoms with Gasteiger partial charge in [-0.25, -0.2) is 0 Å². The van der Waals surface area contributed by atoms with E-state index < -0.39 is 6.10 Å². The topological polar surface area (TPSA) is 66.8 Å². The molecule has 1 unspecified atom stereocenters. The fourth-order valence-corrected chi connectivity index (χ4v) is 3.26. The first kappa shape index (κ1) is 19.2. The molecule has 0 aromatic carbocycles. The second-order valence-corrected chi connectivity index (χ2v) is 6.36. The second kappa shape index (κ2) is 10.8. The van der Waals surface area contributed by atoms with E-state index in [0.717, 1.165) is 44.9 Å². The van der Waals surface area contributed by atoms with Gasteiger partial charge in [-0.05, 0) is 51.4 Å². The zero-order valence-electron chi connectivity index (χ0n) is 14.0. The van der Waals surface area contributed by atoms with Crippen LogP contribution in [0.15, 0.2) is 12.2 Å². The summed E-state index contributed by atoms with van der Waals surface area (Å²) in [5.41, 5.74) is 0. The SMILES string of the molecule is CCOC(=O)CCCCCC[C@H]1[C@H](O)CC[C@H]1C=CC(C)O. The summed E-state index contributed by atoms with van der Waals surface area (Å²) >= 11 is 0. The van der Waals surface area contributed by atoms with Crippen LogP contribution >= 0.6 is 0 Å². The van der Waals surface area contributed by atoms with Crippen LogP contribution in [0.2, 0.25) is 0 Å². The van der Waals surface area contributed by atoms with Crippen LogP contribution in [0, 0.1) is 11.8 Å². The smallest absolute Gasteiger partial charge is 0.305 e. The molecular formula is C18H32O4. The number of aliphatic hydroxyl groups is 2. The maximum atomic E-state index is 11.2. The zero-order valence-corrected chi connectivity index (χ0v) is 14.0. The molecular weight excluding hydrogens is 280 g/mol. The predicted octanol–water partition coefficient (Wildman–Crippen LogP) is 3.21. The quantitative estimate of drug-likeness (QED) is 0.369. The van der Waals surface area contributed by atoms with Crippen LogP contribution in [0.1, 0.15) is 65.2 Å². The van der Waals surface area contributed by atoms with Crippen molar-refractivity contribution in [3.63, 3.8) is 0 Å². The average molecular weight is 312 g/mol. The van der Waals surface area contributed by atoms with Crippen molar-refractivity contribution in [1.82, 2.24) is 0 Å². The summed E-state index contributed by atoms with van der Waals surface area (Å²) in [6, 6.07) is 0. The van der Waals surface area contributed by atoms with Crippen LogP contribution in [0.3, 0.4) is 0 Å². The first-order valence-electron chi connectivity index (χ1n) is 8.74. The maximum absolute atomic E-state index is 11.2. The lowest BCUT2D eigenvalue weighted by atomic mass is 9.88.